The van der Waals surface area contributed by atoms with Crippen molar-refractivity contribution in [2.24, 2.45) is 0 Å². The number of pyridine rings is 1. The Hall–Kier alpha value is -2.19. The van der Waals surface area contributed by atoms with Crippen LogP contribution in [-0.2, 0) is 10.0 Å². The van der Waals surface area contributed by atoms with Gasteiger partial charge in [0.05, 0.1) is 10.5 Å². The third kappa shape index (κ3) is 4.56. The van der Waals surface area contributed by atoms with Crippen LogP contribution in [0.15, 0.2) is 34.0 Å². The second-order valence-corrected chi connectivity index (χ2v) is 8.45. The highest BCUT2D eigenvalue weighted by Crippen LogP contribution is 2.23. The summed E-state index contributed by atoms with van der Waals surface area (Å²) in [7, 11) is -3.67. The lowest BCUT2D eigenvalue weighted by molar-refractivity contribution is 0.0940. The Morgan fingerprint density at radius 1 is 1.19 bits per heavy atom. The van der Waals surface area contributed by atoms with Crippen LogP contribution in [0.5, 0.6) is 0 Å². The van der Waals surface area contributed by atoms with Gasteiger partial charge in [0.1, 0.15) is 0 Å². The number of sulfonamides is 1. The minimum Gasteiger partial charge on any atom is -0.350 e. The topological polar surface area (TPSA) is 99.3 Å². The maximum Gasteiger partial charge on any atom is 0.252 e. The molecule has 1 heterocycles. The molecule has 0 bridgehead atoms. The van der Waals surface area contributed by atoms with E-state index in [9.17, 15) is 18.0 Å². The van der Waals surface area contributed by atoms with Crippen molar-refractivity contribution in [3.8, 4) is 0 Å². The number of nitrogens with zero attached hydrogens (tertiary/aromatic N) is 1. The van der Waals surface area contributed by atoms with Gasteiger partial charge < -0.3 is 10.3 Å². The Morgan fingerprint density at radius 2 is 1.85 bits per heavy atom. The molecular formula is C19H27N3O4S. The number of carbonyl (C=O) groups excluding carboxylic acids is 1. The standard InChI is InChI=1S/C19H27N3O4S/c1-5-8-13(4)20-19(24)16-12-18(23)21-17-10-9-14(11-15(16)17)27(25,26)22(6-2)7-3/h9-13H,5-8H2,1-4H3,(H,20,24)(H,21,23)/t13-/m0/s1. The number of benzene rings is 1. The Labute approximate surface area is 159 Å². The molecule has 0 unspecified atom stereocenters. The molecule has 1 amide bonds. The van der Waals surface area contributed by atoms with E-state index in [1.807, 2.05) is 13.8 Å². The minimum absolute atomic E-state index is 0.0422. The number of aromatic amines is 1. The van der Waals surface area contributed by atoms with Crippen molar-refractivity contribution in [3.05, 3.63) is 40.2 Å². The molecule has 2 aromatic rings. The van der Waals surface area contributed by atoms with E-state index in [-0.39, 0.29) is 22.4 Å². The van der Waals surface area contributed by atoms with Gasteiger partial charge in [0.15, 0.2) is 0 Å². The largest absolute Gasteiger partial charge is 0.350 e. The van der Waals surface area contributed by atoms with Crippen LogP contribution in [0.4, 0.5) is 0 Å². The molecule has 0 aliphatic rings. The molecule has 27 heavy (non-hydrogen) atoms. The van der Waals surface area contributed by atoms with E-state index < -0.39 is 15.6 Å². The third-order valence-corrected chi connectivity index (χ3v) is 6.55. The van der Waals surface area contributed by atoms with Gasteiger partial charge in [-0.05, 0) is 31.5 Å². The average molecular weight is 394 g/mol. The van der Waals surface area contributed by atoms with Crippen molar-refractivity contribution >= 4 is 26.8 Å². The molecule has 148 valence electrons. The van der Waals surface area contributed by atoms with Gasteiger partial charge >= 0.3 is 0 Å². The average Bonchev–Trinajstić information content (AvgIpc) is 2.61. The fourth-order valence-corrected chi connectivity index (χ4v) is 4.59. The summed E-state index contributed by atoms with van der Waals surface area (Å²) in [6.07, 6.45) is 1.73. The first-order valence-corrected chi connectivity index (χ1v) is 10.7. The summed E-state index contributed by atoms with van der Waals surface area (Å²) >= 11 is 0. The third-order valence-electron chi connectivity index (χ3n) is 4.50. The van der Waals surface area contributed by atoms with Gasteiger partial charge in [0.25, 0.3) is 5.91 Å². The second-order valence-electron chi connectivity index (χ2n) is 6.51. The molecule has 0 spiro atoms. The fourth-order valence-electron chi connectivity index (χ4n) is 3.10. The quantitative estimate of drug-likeness (QED) is 0.720. The van der Waals surface area contributed by atoms with E-state index in [0.717, 1.165) is 12.8 Å². The van der Waals surface area contributed by atoms with Crippen LogP contribution in [0.1, 0.15) is 50.9 Å². The highest BCUT2D eigenvalue weighted by Gasteiger charge is 2.23. The number of hydrogen-bond donors (Lipinski definition) is 2. The molecule has 0 saturated carbocycles. The predicted octanol–water partition coefficient (Wildman–Crippen LogP) is 2.48. The molecule has 1 aromatic heterocycles. The second kappa shape index (κ2) is 8.67. The molecule has 2 N–H and O–H groups in total. The molecule has 1 aromatic carbocycles. The summed E-state index contributed by atoms with van der Waals surface area (Å²) in [6, 6.07) is 5.61. The summed E-state index contributed by atoms with van der Waals surface area (Å²) in [5, 5.41) is 3.27. The smallest absolute Gasteiger partial charge is 0.252 e. The monoisotopic (exact) mass is 393 g/mol. The minimum atomic E-state index is -3.67. The molecule has 0 saturated heterocycles. The normalized spacial score (nSPS) is 13.1. The van der Waals surface area contributed by atoms with Gasteiger partial charge in [-0.2, -0.15) is 4.31 Å². The van der Waals surface area contributed by atoms with Gasteiger partial charge in [-0.1, -0.05) is 27.2 Å². The Kier molecular flexibility index (Phi) is 6.78. The van der Waals surface area contributed by atoms with E-state index in [2.05, 4.69) is 10.3 Å². The summed E-state index contributed by atoms with van der Waals surface area (Å²) in [4.78, 5) is 27.4. The van der Waals surface area contributed by atoms with Gasteiger partial charge in [-0.15, -0.1) is 0 Å². The predicted molar refractivity (Wildman–Crippen MR) is 107 cm³/mol. The molecule has 1 atom stereocenters. The lowest BCUT2D eigenvalue weighted by Crippen LogP contribution is -2.33. The summed E-state index contributed by atoms with van der Waals surface area (Å²) in [5.74, 6) is -0.385. The highest BCUT2D eigenvalue weighted by molar-refractivity contribution is 7.89. The SMILES string of the molecule is CCC[C@H](C)NC(=O)c1cc(=O)[nH]c2ccc(S(=O)(=O)N(CC)CC)cc12. The number of hydrogen-bond acceptors (Lipinski definition) is 4. The van der Waals surface area contributed by atoms with Crippen LogP contribution in [0.2, 0.25) is 0 Å². The lowest BCUT2D eigenvalue weighted by atomic mass is 10.1. The van der Waals surface area contributed by atoms with Crippen LogP contribution in [0.3, 0.4) is 0 Å². The number of amides is 1. The Bertz CT molecular complexity index is 978. The van der Waals surface area contributed by atoms with E-state index in [4.69, 9.17) is 0 Å². The lowest BCUT2D eigenvalue weighted by Gasteiger charge is -2.19. The number of nitrogens with one attached hydrogen (secondary N) is 2. The van der Waals surface area contributed by atoms with Gasteiger partial charge in [-0.3, -0.25) is 9.59 Å². The van der Waals surface area contributed by atoms with Crippen LogP contribution >= 0.6 is 0 Å². The number of H-pyrrole nitrogens is 1. The van der Waals surface area contributed by atoms with Crippen molar-refractivity contribution in [1.82, 2.24) is 14.6 Å². The number of fused-ring (bicyclic) bond motifs is 1. The highest BCUT2D eigenvalue weighted by atomic mass is 32.2. The molecule has 0 aliphatic carbocycles. The van der Waals surface area contributed by atoms with Crippen LogP contribution in [0, 0.1) is 0 Å². The maximum absolute atomic E-state index is 12.8. The van der Waals surface area contributed by atoms with E-state index >= 15 is 0 Å². The van der Waals surface area contributed by atoms with Crippen molar-refractivity contribution in [1.29, 1.82) is 0 Å². The van der Waals surface area contributed by atoms with Gasteiger partial charge in [-0.25, -0.2) is 8.42 Å². The van der Waals surface area contributed by atoms with Crippen LogP contribution < -0.4 is 10.9 Å². The number of carbonyl (C=O) groups is 1. The first-order valence-electron chi connectivity index (χ1n) is 9.22. The van der Waals surface area contributed by atoms with Crippen LogP contribution in [0.25, 0.3) is 10.9 Å². The summed E-state index contributed by atoms with van der Waals surface area (Å²) in [5.41, 5.74) is 0.192. The summed E-state index contributed by atoms with van der Waals surface area (Å²) < 4.78 is 27.0. The fraction of sp³-hybridized carbons (Fsp3) is 0.474. The van der Waals surface area contributed by atoms with E-state index in [1.54, 1.807) is 13.8 Å². The number of rotatable bonds is 8. The van der Waals surface area contributed by atoms with E-state index in [0.29, 0.717) is 24.0 Å². The molecule has 0 radical (unpaired) electrons. The Morgan fingerprint density at radius 3 is 2.44 bits per heavy atom. The zero-order chi connectivity index (χ0) is 20.2. The molecule has 7 nitrogen and oxygen atoms in total. The number of aromatic nitrogens is 1. The van der Waals surface area contributed by atoms with Crippen molar-refractivity contribution in [2.75, 3.05) is 13.1 Å². The van der Waals surface area contributed by atoms with Crippen molar-refractivity contribution < 1.29 is 13.2 Å². The maximum atomic E-state index is 12.8. The van der Waals surface area contributed by atoms with Crippen molar-refractivity contribution in [2.45, 2.75) is 51.5 Å². The summed E-state index contributed by atoms with van der Waals surface area (Å²) in [6.45, 7) is 8.17. The molecule has 2 rings (SSSR count). The zero-order valence-electron chi connectivity index (χ0n) is 16.2. The van der Waals surface area contributed by atoms with E-state index in [1.165, 1.54) is 28.6 Å². The first-order chi connectivity index (χ1) is 12.7. The van der Waals surface area contributed by atoms with Gasteiger partial charge in [0, 0.05) is 36.1 Å². The Balaban J connectivity index is 2.58. The van der Waals surface area contributed by atoms with Gasteiger partial charge in [0.2, 0.25) is 15.6 Å². The zero-order valence-corrected chi connectivity index (χ0v) is 17.0. The molecule has 0 fully saturated rings. The first kappa shape index (κ1) is 21.1. The van der Waals surface area contributed by atoms with Crippen LogP contribution in [-0.4, -0.2) is 42.7 Å². The van der Waals surface area contributed by atoms with Crippen molar-refractivity contribution in [3.63, 3.8) is 0 Å². The molecular weight excluding hydrogens is 366 g/mol. The molecule has 0 aliphatic heterocycles. The molecule has 8 heteroatoms.